The molecule has 25 heavy (non-hydrogen) atoms. The number of hydrogen-bond acceptors (Lipinski definition) is 4. The molecule has 0 bridgehead atoms. The first-order valence-electron chi connectivity index (χ1n) is 7.48. The first kappa shape index (κ1) is 17.0. The normalized spacial score (nSPS) is 11.0. The van der Waals surface area contributed by atoms with Gasteiger partial charge in [0.15, 0.2) is 11.2 Å². The first-order valence-corrected chi connectivity index (χ1v) is 7.85. The maximum Gasteiger partial charge on any atom is 0.332 e. The number of carbonyl (C=O) groups is 1. The Balaban J connectivity index is 2.00. The fourth-order valence-corrected chi connectivity index (χ4v) is 2.77. The van der Waals surface area contributed by atoms with Crippen LogP contribution in [0.5, 0.6) is 0 Å². The minimum absolute atomic E-state index is 0.0349. The molecule has 0 aliphatic heterocycles. The molecule has 2 heterocycles. The van der Waals surface area contributed by atoms with E-state index in [0.717, 1.165) is 10.1 Å². The highest BCUT2D eigenvalue weighted by molar-refractivity contribution is 6.29. The molecule has 3 aromatic rings. The molecular weight excluding hydrogens is 346 g/mol. The van der Waals surface area contributed by atoms with Crippen LogP contribution in [0.15, 0.2) is 33.9 Å². The number of halogens is 1. The summed E-state index contributed by atoms with van der Waals surface area (Å²) >= 11 is 6.09. The van der Waals surface area contributed by atoms with E-state index in [1.807, 2.05) is 19.1 Å². The number of hydrogen-bond donors (Lipinski definition) is 1. The van der Waals surface area contributed by atoms with Crippen molar-refractivity contribution >= 4 is 34.4 Å². The number of imidazole rings is 1. The average molecular weight is 362 g/mol. The molecule has 130 valence electrons. The summed E-state index contributed by atoms with van der Waals surface area (Å²) in [6.07, 6.45) is 0. The molecule has 2 aromatic heterocycles. The summed E-state index contributed by atoms with van der Waals surface area (Å²) in [6.45, 7) is 1.75. The second kappa shape index (κ2) is 6.21. The van der Waals surface area contributed by atoms with Crippen molar-refractivity contribution in [1.82, 2.24) is 18.7 Å². The number of nitrogens with zero attached hydrogens (tertiary/aromatic N) is 4. The molecule has 9 heteroatoms. The second-order valence-electron chi connectivity index (χ2n) is 5.76. The number of nitrogens with one attached hydrogen (secondary N) is 1. The Morgan fingerprint density at radius 3 is 2.44 bits per heavy atom. The molecule has 3 rings (SSSR count). The fourth-order valence-electron chi connectivity index (χ4n) is 2.55. The Labute approximate surface area is 147 Å². The molecule has 1 amide bonds. The quantitative estimate of drug-likeness (QED) is 0.705. The van der Waals surface area contributed by atoms with Crippen molar-refractivity contribution in [2.75, 3.05) is 5.32 Å². The Bertz CT molecular complexity index is 1090. The number of benzene rings is 1. The van der Waals surface area contributed by atoms with Crippen molar-refractivity contribution in [3.05, 3.63) is 56.0 Å². The van der Waals surface area contributed by atoms with Crippen LogP contribution in [0.3, 0.4) is 0 Å². The van der Waals surface area contributed by atoms with Gasteiger partial charge in [-0.3, -0.25) is 23.3 Å². The summed E-state index contributed by atoms with van der Waals surface area (Å²) < 4.78 is 3.47. The third-order valence-electron chi connectivity index (χ3n) is 3.94. The molecule has 0 aliphatic carbocycles. The van der Waals surface area contributed by atoms with Crippen molar-refractivity contribution in [3.8, 4) is 0 Å². The summed E-state index contributed by atoms with van der Waals surface area (Å²) in [6, 6.07) is 7.31. The number of aryl methyl sites for hydroxylation is 2. The van der Waals surface area contributed by atoms with Gasteiger partial charge >= 0.3 is 5.69 Å². The van der Waals surface area contributed by atoms with Crippen LogP contribution in [0, 0.1) is 6.92 Å². The molecule has 0 saturated carbocycles. The number of rotatable bonds is 3. The van der Waals surface area contributed by atoms with E-state index in [2.05, 4.69) is 10.3 Å². The molecule has 0 radical (unpaired) electrons. The van der Waals surface area contributed by atoms with Crippen LogP contribution in [-0.4, -0.2) is 24.6 Å². The standard InChI is InChI=1S/C16H16ClN5O3/c1-9-4-6-10(7-5-9)18-11(23)8-22-12-13(19-15(22)17)20(2)16(25)21(3)14(12)24/h4-7H,8H2,1-3H3,(H,18,23). The minimum atomic E-state index is -0.555. The van der Waals surface area contributed by atoms with Crippen molar-refractivity contribution in [3.63, 3.8) is 0 Å². The van der Waals surface area contributed by atoms with Crippen LogP contribution in [0.2, 0.25) is 5.28 Å². The van der Waals surface area contributed by atoms with Gasteiger partial charge in [0, 0.05) is 19.8 Å². The average Bonchev–Trinajstić information content (AvgIpc) is 2.90. The van der Waals surface area contributed by atoms with Gasteiger partial charge in [-0.25, -0.2) is 4.79 Å². The highest BCUT2D eigenvalue weighted by Gasteiger charge is 2.19. The van der Waals surface area contributed by atoms with Crippen molar-refractivity contribution in [2.24, 2.45) is 14.1 Å². The van der Waals surface area contributed by atoms with Gasteiger partial charge in [-0.2, -0.15) is 4.98 Å². The van der Waals surface area contributed by atoms with Crippen LogP contribution >= 0.6 is 11.6 Å². The van der Waals surface area contributed by atoms with Crippen molar-refractivity contribution in [1.29, 1.82) is 0 Å². The zero-order chi connectivity index (χ0) is 18.3. The predicted octanol–water partition coefficient (Wildman–Crippen LogP) is 1.03. The van der Waals surface area contributed by atoms with Gasteiger partial charge in [-0.1, -0.05) is 17.7 Å². The molecule has 8 nitrogen and oxygen atoms in total. The van der Waals surface area contributed by atoms with E-state index in [1.165, 1.54) is 23.2 Å². The number of anilines is 1. The molecule has 1 N–H and O–H groups in total. The summed E-state index contributed by atoms with van der Waals surface area (Å²) in [5.41, 5.74) is 0.890. The Hall–Kier alpha value is -2.87. The largest absolute Gasteiger partial charge is 0.332 e. The van der Waals surface area contributed by atoms with E-state index in [9.17, 15) is 14.4 Å². The third kappa shape index (κ3) is 2.96. The van der Waals surface area contributed by atoms with E-state index in [0.29, 0.717) is 5.69 Å². The summed E-state index contributed by atoms with van der Waals surface area (Å²) in [5.74, 6) is -0.360. The third-order valence-corrected chi connectivity index (χ3v) is 4.23. The zero-order valence-corrected chi connectivity index (χ0v) is 14.7. The first-order chi connectivity index (χ1) is 11.8. The lowest BCUT2D eigenvalue weighted by Crippen LogP contribution is -2.37. The molecule has 1 aromatic carbocycles. The lowest BCUT2D eigenvalue weighted by atomic mass is 10.2. The zero-order valence-electron chi connectivity index (χ0n) is 13.9. The molecule has 0 atom stereocenters. The Morgan fingerprint density at radius 1 is 1.16 bits per heavy atom. The number of carbonyl (C=O) groups excluding carboxylic acids is 1. The van der Waals surface area contributed by atoms with Crippen LogP contribution in [0.25, 0.3) is 11.2 Å². The highest BCUT2D eigenvalue weighted by Crippen LogP contribution is 2.16. The fraction of sp³-hybridized carbons (Fsp3) is 0.250. The van der Waals surface area contributed by atoms with Gasteiger partial charge in [0.1, 0.15) is 6.54 Å². The van der Waals surface area contributed by atoms with E-state index in [4.69, 9.17) is 11.6 Å². The van der Waals surface area contributed by atoms with Crippen molar-refractivity contribution < 1.29 is 4.79 Å². The Kier molecular flexibility index (Phi) is 4.22. The summed E-state index contributed by atoms with van der Waals surface area (Å²) in [7, 11) is 2.85. The van der Waals surface area contributed by atoms with Gasteiger partial charge in [-0.15, -0.1) is 0 Å². The van der Waals surface area contributed by atoms with E-state index in [-0.39, 0.29) is 28.9 Å². The Morgan fingerprint density at radius 2 is 1.80 bits per heavy atom. The highest BCUT2D eigenvalue weighted by atomic mass is 35.5. The van der Waals surface area contributed by atoms with Gasteiger partial charge in [0.05, 0.1) is 0 Å². The SMILES string of the molecule is Cc1ccc(NC(=O)Cn2c(Cl)nc3c2c(=O)n(C)c(=O)n3C)cc1. The van der Waals surface area contributed by atoms with E-state index in [1.54, 1.807) is 12.1 Å². The second-order valence-corrected chi connectivity index (χ2v) is 6.10. The molecule has 0 fully saturated rings. The van der Waals surface area contributed by atoms with Crippen LogP contribution in [0.1, 0.15) is 5.56 Å². The van der Waals surface area contributed by atoms with Gasteiger partial charge in [-0.05, 0) is 30.7 Å². The monoisotopic (exact) mass is 361 g/mol. The summed E-state index contributed by atoms with van der Waals surface area (Å²) in [4.78, 5) is 40.7. The van der Waals surface area contributed by atoms with Gasteiger partial charge in [0.25, 0.3) is 5.56 Å². The van der Waals surface area contributed by atoms with E-state index < -0.39 is 11.2 Å². The maximum absolute atomic E-state index is 12.4. The van der Waals surface area contributed by atoms with Gasteiger partial charge < -0.3 is 5.32 Å². The lowest BCUT2D eigenvalue weighted by Gasteiger charge is -2.08. The minimum Gasteiger partial charge on any atom is -0.325 e. The van der Waals surface area contributed by atoms with Gasteiger partial charge in [0.2, 0.25) is 11.2 Å². The van der Waals surface area contributed by atoms with Crippen LogP contribution in [-0.2, 0) is 25.4 Å². The molecular formula is C16H16ClN5O3. The van der Waals surface area contributed by atoms with Crippen LogP contribution in [0.4, 0.5) is 5.69 Å². The predicted molar refractivity (Wildman–Crippen MR) is 95.0 cm³/mol. The van der Waals surface area contributed by atoms with E-state index >= 15 is 0 Å². The summed E-state index contributed by atoms with van der Waals surface area (Å²) in [5, 5.41) is 2.70. The molecule has 0 unspecified atom stereocenters. The van der Waals surface area contributed by atoms with Crippen molar-refractivity contribution in [2.45, 2.75) is 13.5 Å². The lowest BCUT2D eigenvalue weighted by molar-refractivity contribution is -0.116. The smallest absolute Gasteiger partial charge is 0.325 e. The van der Waals surface area contributed by atoms with Crippen LogP contribution < -0.4 is 16.6 Å². The number of amides is 1. The topological polar surface area (TPSA) is 90.9 Å². The molecule has 0 aliphatic rings. The molecule has 0 spiro atoms. The maximum atomic E-state index is 12.4. The number of aromatic nitrogens is 4. The molecule has 0 saturated heterocycles. The number of fused-ring (bicyclic) bond motifs is 1.